The second kappa shape index (κ2) is 2.04. The molecule has 34 valence electrons. The van der Waals surface area contributed by atoms with Crippen molar-refractivity contribution in [2.45, 2.75) is 0 Å². The van der Waals surface area contributed by atoms with Gasteiger partial charge in [-0.2, -0.15) is 0 Å². The molecule has 0 rings (SSSR count). The summed E-state index contributed by atoms with van der Waals surface area (Å²) in [5.74, 6) is 0. The van der Waals surface area contributed by atoms with Crippen molar-refractivity contribution in [1.29, 1.82) is 0 Å². The Kier molecular flexibility index (Phi) is 2.24. The first-order chi connectivity index (χ1) is 2.56. The molecule has 0 saturated carbocycles. The van der Waals surface area contributed by atoms with E-state index < -0.39 is 0 Å². The van der Waals surface area contributed by atoms with Crippen molar-refractivity contribution in [3.05, 3.63) is 0 Å². The summed E-state index contributed by atoms with van der Waals surface area (Å²) in [6.07, 6.45) is 2.06. The molecule has 1 nitrogen and oxygen atoms in total. The minimum atomic E-state index is 0.917. The Balaban J connectivity index is 3.17. The summed E-state index contributed by atoms with van der Waals surface area (Å²) in [5.41, 5.74) is 0. The maximum absolute atomic E-state index is 2.44. The fourth-order valence-electron chi connectivity index (χ4n) is 0. The van der Waals surface area contributed by atoms with E-state index in [4.69, 9.17) is 0 Å². The fraction of sp³-hybridized carbons (Fsp3) is 1.00. The SMILES string of the molecule is C[N+](C)(C)[B-][As]. The standard InChI is InChI=1S/C3H9AsBN/c1-6(2,3)5-4/h1-3H3. The van der Waals surface area contributed by atoms with Gasteiger partial charge in [-0.3, -0.25) is 0 Å². The van der Waals surface area contributed by atoms with E-state index in [-0.39, 0.29) is 0 Å². The molecule has 0 amide bonds. The number of nitrogens with zero attached hydrogens (tertiary/aromatic N) is 1. The molecule has 0 aliphatic carbocycles. The Morgan fingerprint density at radius 1 is 1.33 bits per heavy atom. The van der Waals surface area contributed by atoms with Crippen molar-refractivity contribution in [3.63, 3.8) is 0 Å². The van der Waals surface area contributed by atoms with Crippen molar-refractivity contribution < 1.29 is 4.39 Å². The summed E-state index contributed by atoms with van der Waals surface area (Å²) >= 11 is 2.44. The van der Waals surface area contributed by atoms with Crippen LogP contribution in [0, 0.1) is 0 Å². The number of quaternary nitrogens is 1. The predicted octanol–water partition coefficient (Wildman–Crippen LogP) is -0.605. The molecule has 0 saturated heterocycles. The van der Waals surface area contributed by atoms with Gasteiger partial charge in [-0.15, -0.1) is 0 Å². The molecule has 0 aromatic heterocycles. The van der Waals surface area contributed by atoms with E-state index in [0.717, 1.165) is 4.39 Å². The van der Waals surface area contributed by atoms with Crippen molar-refractivity contribution in [3.8, 4) is 0 Å². The Morgan fingerprint density at radius 3 is 1.50 bits per heavy atom. The van der Waals surface area contributed by atoms with Crippen LogP contribution in [-0.2, 0) is 0 Å². The van der Waals surface area contributed by atoms with Crippen LogP contribution >= 0.6 is 0 Å². The van der Waals surface area contributed by atoms with E-state index in [1.165, 1.54) is 0 Å². The molecule has 3 heteroatoms. The van der Waals surface area contributed by atoms with Crippen LogP contribution in [-0.4, -0.2) is 48.3 Å². The molecular formula is C3H9AsBN. The van der Waals surface area contributed by atoms with Crippen molar-refractivity contribution in [1.82, 2.24) is 0 Å². The van der Waals surface area contributed by atoms with Gasteiger partial charge < -0.3 is 0 Å². The average molecular weight is 145 g/mol. The van der Waals surface area contributed by atoms with E-state index >= 15 is 0 Å². The Hall–Kier alpha value is 0.583. The predicted molar refractivity (Wildman–Crippen MR) is 29.5 cm³/mol. The molecular weight excluding hydrogens is 136 g/mol. The quantitative estimate of drug-likeness (QED) is 0.432. The molecule has 0 N–H and O–H groups in total. The van der Waals surface area contributed by atoms with Crippen molar-refractivity contribution >= 4 is 22.8 Å². The van der Waals surface area contributed by atoms with Crippen LogP contribution in [0.4, 0.5) is 0 Å². The van der Waals surface area contributed by atoms with Gasteiger partial charge in [0.05, 0.1) is 0 Å². The molecule has 0 bridgehead atoms. The summed E-state index contributed by atoms with van der Waals surface area (Å²) in [6.45, 7) is 0. The molecule has 0 aromatic carbocycles. The summed E-state index contributed by atoms with van der Waals surface area (Å²) in [7, 11) is 6.33. The minimum absolute atomic E-state index is 0.917. The number of hydrogen-bond acceptors (Lipinski definition) is 0. The zero-order valence-electron chi connectivity index (χ0n) is 4.47. The monoisotopic (exact) mass is 145 g/mol. The van der Waals surface area contributed by atoms with E-state index in [9.17, 15) is 0 Å². The third kappa shape index (κ3) is 4.58. The summed E-state index contributed by atoms with van der Waals surface area (Å²) in [6, 6.07) is 0. The average Bonchev–Trinajstić information content (AvgIpc) is 1.35. The number of hydrogen-bond donors (Lipinski definition) is 0. The Labute approximate surface area is 48.9 Å². The van der Waals surface area contributed by atoms with Gasteiger partial charge in [-0.05, 0) is 0 Å². The van der Waals surface area contributed by atoms with Gasteiger partial charge in [0.1, 0.15) is 0 Å². The molecule has 0 aliphatic rings. The first kappa shape index (κ1) is 6.58. The Morgan fingerprint density at radius 2 is 1.50 bits per heavy atom. The molecule has 6 heavy (non-hydrogen) atoms. The van der Waals surface area contributed by atoms with Gasteiger partial charge in [0, 0.05) is 0 Å². The molecule has 0 atom stereocenters. The van der Waals surface area contributed by atoms with Crippen LogP contribution in [0.3, 0.4) is 0 Å². The molecule has 0 aliphatic heterocycles. The molecule has 4 radical (unpaired) electrons. The molecule has 0 fully saturated rings. The second-order valence-electron chi connectivity index (χ2n) is 2.23. The van der Waals surface area contributed by atoms with E-state index in [2.05, 4.69) is 43.9 Å². The van der Waals surface area contributed by atoms with E-state index in [1.807, 2.05) is 0 Å². The van der Waals surface area contributed by atoms with E-state index in [1.54, 1.807) is 0 Å². The van der Waals surface area contributed by atoms with Crippen molar-refractivity contribution in [2.24, 2.45) is 0 Å². The van der Waals surface area contributed by atoms with E-state index in [0.29, 0.717) is 0 Å². The zero-order chi connectivity index (χ0) is 5.21. The molecule has 0 unspecified atom stereocenters. The molecule has 0 aromatic rings. The van der Waals surface area contributed by atoms with Crippen molar-refractivity contribution in [2.75, 3.05) is 21.1 Å². The summed E-state index contributed by atoms with van der Waals surface area (Å²) in [4.78, 5) is 0. The first-order valence-corrected chi connectivity index (χ1v) is 2.94. The normalized spacial score (nSPS) is 12.0. The zero-order valence-corrected chi connectivity index (χ0v) is 6.35. The summed E-state index contributed by atoms with van der Waals surface area (Å²) < 4.78 is 0.917. The topological polar surface area (TPSA) is 0 Å². The second-order valence-corrected chi connectivity index (χ2v) is 2.72. The molecule has 0 spiro atoms. The van der Waals surface area contributed by atoms with Gasteiger partial charge in [-0.25, -0.2) is 0 Å². The third-order valence-electron chi connectivity index (χ3n) is 0.346. The Bertz CT molecular complexity index is 40.5. The van der Waals surface area contributed by atoms with Crippen LogP contribution in [0.15, 0.2) is 0 Å². The van der Waals surface area contributed by atoms with Gasteiger partial charge >= 0.3 is 48.3 Å². The van der Waals surface area contributed by atoms with Crippen LogP contribution in [0.1, 0.15) is 0 Å². The first-order valence-electron chi connectivity index (χ1n) is 1.86. The van der Waals surface area contributed by atoms with Crippen LogP contribution in [0.25, 0.3) is 0 Å². The van der Waals surface area contributed by atoms with Gasteiger partial charge in [0.2, 0.25) is 0 Å². The van der Waals surface area contributed by atoms with Crippen LogP contribution in [0.5, 0.6) is 0 Å². The van der Waals surface area contributed by atoms with Crippen LogP contribution < -0.4 is 0 Å². The van der Waals surface area contributed by atoms with Gasteiger partial charge in [0.25, 0.3) is 0 Å². The summed E-state index contributed by atoms with van der Waals surface area (Å²) in [5, 5.41) is 0. The maximum atomic E-state index is 2.44. The number of rotatable bonds is 1. The molecule has 0 heterocycles. The third-order valence-corrected chi connectivity index (χ3v) is 1.80. The fourth-order valence-corrected chi connectivity index (χ4v) is 0. The van der Waals surface area contributed by atoms with Gasteiger partial charge in [0.15, 0.2) is 0 Å². The van der Waals surface area contributed by atoms with Gasteiger partial charge in [-0.1, -0.05) is 0 Å². The van der Waals surface area contributed by atoms with Crippen LogP contribution in [0.2, 0.25) is 0 Å².